The van der Waals surface area contributed by atoms with Crippen LogP contribution in [0.15, 0.2) is 48.5 Å². The number of hydrogen-bond acceptors (Lipinski definition) is 5. The minimum atomic E-state index is -0.865. The molecular formula is C21H27N3O3. The monoisotopic (exact) mass is 369 g/mol. The van der Waals surface area contributed by atoms with Crippen LogP contribution in [-0.2, 0) is 17.6 Å². The number of amides is 1. The van der Waals surface area contributed by atoms with Crippen LogP contribution in [-0.4, -0.2) is 36.0 Å². The molecule has 0 aliphatic rings. The zero-order valence-electron chi connectivity index (χ0n) is 15.4. The van der Waals surface area contributed by atoms with Crippen molar-refractivity contribution in [1.29, 1.82) is 0 Å². The van der Waals surface area contributed by atoms with E-state index in [2.05, 4.69) is 17.4 Å². The zero-order chi connectivity index (χ0) is 19.6. The lowest BCUT2D eigenvalue weighted by Crippen LogP contribution is -2.46. The second-order valence-electron chi connectivity index (χ2n) is 6.53. The largest absolute Gasteiger partial charge is 0.399 e. The van der Waals surface area contributed by atoms with Gasteiger partial charge in [-0.2, -0.15) is 0 Å². The van der Waals surface area contributed by atoms with Crippen molar-refractivity contribution >= 4 is 17.4 Å². The van der Waals surface area contributed by atoms with Crippen LogP contribution < -0.4 is 16.8 Å². The molecule has 0 saturated carbocycles. The Bertz CT molecular complexity index is 742. The molecule has 0 radical (unpaired) electrons. The normalized spacial score (nSPS) is 11.8. The predicted molar refractivity (Wildman–Crippen MR) is 106 cm³/mol. The minimum Gasteiger partial charge on any atom is -0.399 e. The first kappa shape index (κ1) is 20.6. The van der Waals surface area contributed by atoms with Gasteiger partial charge in [0.05, 0.1) is 0 Å². The Morgan fingerprint density at radius 3 is 1.93 bits per heavy atom. The van der Waals surface area contributed by atoms with Gasteiger partial charge in [-0.3, -0.25) is 9.59 Å². The van der Waals surface area contributed by atoms with Crippen LogP contribution in [0.2, 0.25) is 0 Å². The third kappa shape index (κ3) is 6.51. The van der Waals surface area contributed by atoms with Crippen molar-refractivity contribution in [1.82, 2.24) is 5.32 Å². The van der Waals surface area contributed by atoms with Gasteiger partial charge in [-0.15, -0.1) is 0 Å². The average molecular weight is 369 g/mol. The Hall–Kier alpha value is -2.70. The number of rotatable bonds is 10. The highest BCUT2D eigenvalue weighted by molar-refractivity contribution is 5.98. The summed E-state index contributed by atoms with van der Waals surface area (Å²) < 4.78 is 0. The number of nitrogens with two attached hydrogens (primary N) is 2. The minimum absolute atomic E-state index is 0.0444. The first-order valence-corrected chi connectivity index (χ1v) is 9.11. The summed E-state index contributed by atoms with van der Waals surface area (Å²) in [6.07, 6.45) is 4.08. The van der Waals surface area contributed by atoms with E-state index < -0.39 is 18.4 Å². The lowest BCUT2D eigenvalue weighted by Gasteiger charge is -2.14. The van der Waals surface area contributed by atoms with E-state index in [4.69, 9.17) is 16.6 Å². The number of Topliss-reactive ketones (excluding diaryl/α,β-unsaturated/α-hetero) is 1. The Kier molecular flexibility index (Phi) is 7.98. The molecule has 2 aromatic rings. The maximum atomic E-state index is 12.2. The van der Waals surface area contributed by atoms with Gasteiger partial charge in [-0.25, -0.2) is 0 Å². The molecule has 0 saturated heterocycles. The van der Waals surface area contributed by atoms with E-state index >= 15 is 0 Å². The number of carbonyl (C=O) groups is 2. The van der Waals surface area contributed by atoms with Crippen molar-refractivity contribution < 1.29 is 14.7 Å². The summed E-state index contributed by atoms with van der Waals surface area (Å²) in [4.78, 5) is 23.7. The fourth-order valence-electron chi connectivity index (χ4n) is 2.79. The van der Waals surface area contributed by atoms with Crippen molar-refractivity contribution in [3.05, 3.63) is 65.2 Å². The van der Waals surface area contributed by atoms with E-state index in [1.807, 2.05) is 24.3 Å². The first-order chi connectivity index (χ1) is 13.0. The van der Waals surface area contributed by atoms with Gasteiger partial charge in [0.2, 0.25) is 0 Å². The van der Waals surface area contributed by atoms with E-state index in [0.29, 0.717) is 5.56 Å². The number of ketones is 1. The van der Waals surface area contributed by atoms with Gasteiger partial charge in [0, 0.05) is 17.8 Å². The molecule has 0 heterocycles. The quantitative estimate of drug-likeness (QED) is 0.373. The molecule has 2 rings (SSSR count). The Labute approximate surface area is 159 Å². The summed E-state index contributed by atoms with van der Waals surface area (Å²) in [7, 11) is 0. The lowest BCUT2D eigenvalue weighted by atomic mass is 10.0. The molecule has 27 heavy (non-hydrogen) atoms. The molecule has 0 fully saturated rings. The summed E-state index contributed by atoms with van der Waals surface area (Å²) in [6.45, 7) is -0.686. The molecule has 1 amide bonds. The molecular weight excluding hydrogens is 342 g/mol. The molecule has 0 aliphatic heterocycles. The number of carbonyl (C=O) groups excluding carboxylic acids is 2. The zero-order valence-corrected chi connectivity index (χ0v) is 15.4. The number of nitrogen functional groups attached to an aromatic ring is 1. The summed E-state index contributed by atoms with van der Waals surface area (Å²) in [5.41, 5.74) is 14.8. The number of hydrogen-bond donors (Lipinski definition) is 4. The number of unbranched alkanes of at least 4 members (excludes halogenated alkanes) is 1. The van der Waals surface area contributed by atoms with Gasteiger partial charge in [-0.05, 0) is 61.1 Å². The number of aliphatic hydroxyl groups is 1. The van der Waals surface area contributed by atoms with Crippen LogP contribution >= 0.6 is 0 Å². The van der Waals surface area contributed by atoms with Crippen LogP contribution in [0.5, 0.6) is 0 Å². The molecule has 6 N–H and O–H groups in total. The number of anilines is 1. The third-order valence-corrected chi connectivity index (χ3v) is 4.46. The summed E-state index contributed by atoms with van der Waals surface area (Å²) in [6, 6.07) is 14.4. The van der Waals surface area contributed by atoms with Crippen LogP contribution in [0.3, 0.4) is 0 Å². The molecule has 0 unspecified atom stereocenters. The second kappa shape index (κ2) is 10.4. The van der Waals surface area contributed by atoms with Crippen LogP contribution in [0, 0.1) is 0 Å². The maximum absolute atomic E-state index is 12.2. The first-order valence-electron chi connectivity index (χ1n) is 9.11. The molecule has 6 heteroatoms. The number of aryl methyl sites for hydroxylation is 2. The summed E-state index contributed by atoms with van der Waals surface area (Å²) >= 11 is 0. The van der Waals surface area contributed by atoms with Crippen molar-refractivity contribution in [2.75, 3.05) is 18.9 Å². The topological polar surface area (TPSA) is 118 Å². The SMILES string of the molecule is NC[C@H](NC(=O)c1ccc(CCCCc2ccc(N)cc2)cc1)C(=O)CO. The smallest absolute Gasteiger partial charge is 0.251 e. The highest BCUT2D eigenvalue weighted by atomic mass is 16.3. The molecule has 2 aromatic carbocycles. The fraction of sp³-hybridized carbons (Fsp3) is 0.333. The average Bonchev–Trinajstić information content (AvgIpc) is 2.70. The van der Waals surface area contributed by atoms with Gasteiger partial charge >= 0.3 is 0 Å². The van der Waals surface area contributed by atoms with Crippen molar-refractivity contribution in [3.8, 4) is 0 Å². The van der Waals surface area contributed by atoms with Crippen molar-refractivity contribution in [2.24, 2.45) is 5.73 Å². The standard InChI is InChI=1S/C21H27N3O3/c22-13-19(20(26)14-25)24-21(27)17-9-5-15(6-10-17)3-1-2-4-16-7-11-18(23)12-8-16/h5-12,19,25H,1-4,13-14,22-23H2,(H,24,27)/t19-/m0/s1. The van der Waals surface area contributed by atoms with E-state index in [1.165, 1.54) is 5.56 Å². The van der Waals surface area contributed by atoms with E-state index in [0.717, 1.165) is 36.9 Å². The van der Waals surface area contributed by atoms with Crippen LogP contribution in [0.1, 0.15) is 34.3 Å². The van der Waals surface area contributed by atoms with E-state index in [1.54, 1.807) is 12.1 Å². The van der Waals surface area contributed by atoms with Gasteiger partial charge in [0.25, 0.3) is 5.91 Å². The summed E-state index contributed by atoms with van der Waals surface area (Å²) in [5.74, 6) is -0.870. The van der Waals surface area contributed by atoms with Gasteiger partial charge < -0.3 is 21.9 Å². The van der Waals surface area contributed by atoms with Crippen LogP contribution in [0.4, 0.5) is 5.69 Å². The van der Waals surface area contributed by atoms with E-state index in [-0.39, 0.29) is 12.5 Å². The predicted octanol–water partition coefficient (Wildman–Crippen LogP) is 1.45. The molecule has 0 bridgehead atoms. The molecule has 0 aromatic heterocycles. The van der Waals surface area contributed by atoms with Crippen LogP contribution in [0.25, 0.3) is 0 Å². The third-order valence-electron chi connectivity index (χ3n) is 4.46. The van der Waals surface area contributed by atoms with E-state index in [9.17, 15) is 9.59 Å². The highest BCUT2D eigenvalue weighted by Gasteiger charge is 2.18. The highest BCUT2D eigenvalue weighted by Crippen LogP contribution is 2.12. The lowest BCUT2D eigenvalue weighted by molar-refractivity contribution is -0.123. The number of nitrogens with one attached hydrogen (secondary N) is 1. The summed E-state index contributed by atoms with van der Waals surface area (Å²) in [5, 5.41) is 11.4. The molecule has 0 aliphatic carbocycles. The Morgan fingerprint density at radius 2 is 1.44 bits per heavy atom. The molecule has 0 spiro atoms. The Balaban J connectivity index is 1.79. The van der Waals surface area contributed by atoms with Gasteiger partial charge in [0.1, 0.15) is 12.6 Å². The Morgan fingerprint density at radius 1 is 0.926 bits per heavy atom. The second-order valence-corrected chi connectivity index (χ2v) is 6.53. The van der Waals surface area contributed by atoms with Crippen molar-refractivity contribution in [3.63, 3.8) is 0 Å². The fourth-order valence-corrected chi connectivity index (χ4v) is 2.79. The molecule has 1 atom stereocenters. The number of benzene rings is 2. The number of aliphatic hydroxyl groups excluding tert-OH is 1. The van der Waals surface area contributed by atoms with Gasteiger partial charge in [-0.1, -0.05) is 24.3 Å². The maximum Gasteiger partial charge on any atom is 0.251 e. The molecule has 144 valence electrons. The van der Waals surface area contributed by atoms with Gasteiger partial charge in [0.15, 0.2) is 5.78 Å². The molecule has 6 nitrogen and oxygen atoms in total. The van der Waals surface area contributed by atoms with Crippen molar-refractivity contribution in [2.45, 2.75) is 31.7 Å².